The third-order valence-electron chi connectivity index (χ3n) is 3.68. The van der Waals surface area contributed by atoms with E-state index in [1.807, 2.05) is 6.07 Å². The molecule has 0 amide bonds. The summed E-state index contributed by atoms with van der Waals surface area (Å²) < 4.78 is 10.3. The Labute approximate surface area is 126 Å². The van der Waals surface area contributed by atoms with Crippen molar-refractivity contribution >= 4 is 5.97 Å². The van der Waals surface area contributed by atoms with Crippen LogP contribution < -0.4 is 4.74 Å². The maximum atomic E-state index is 11.1. The van der Waals surface area contributed by atoms with Gasteiger partial charge in [0.2, 0.25) is 0 Å². The first-order chi connectivity index (χ1) is 10.0. The van der Waals surface area contributed by atoms with Gasteiger partial charge in [0.05, 0.1) is 13.7 Å². The molecule has 0 saturated carbocycles. The molecule has 1 rings (SSSR count). The molecule has 0 spiro atoms. The molecule has 0 aliphatic heterocycles. The van der Waals surface area contributed by atoms with Crippen LogP contribution in [0.2, 0.25) is 0 Å². The van der Waals surface area contributed by atoms with E-state index in [0.29, 0.717) is 18.4 Å². The van der Waals surface area contributed by atoms with E-state index in [4.69, 9.17) is 14.6 Å². The van der Waals surface area contributed by atoms with E-state index in [2.05, 4.69) is 18.7 Å². The molecule has 1 aromatic rings. The minimum absolute atomic E-state index is 0.188. The van der Waals surface area contributed by atoms with Crippen LogP contribution in [0.3, 0.4) is 0 Å². The molecule has 1 aromatic carbocycles. The number of carboxylic acids is 1. The zero-order valence-electron chi connectivity index (χ0n) is 13.3. The quantitative estimate of drug-likeness (QED) is 0.759. The van der Waals surface area contributed by atoms with E-state index in [1.165, 1.54) is 7.11 Å². The molecule has 1 unspecified atom stereocenters. The van der Waals surface area contributed by atoms with Crippen molar-refractivity contribution < 1.29 is 19.4 Å². The highest BCUT2D eigenvalue weighted by molar-refractivity contribution is 5.90. The van der Waals surface area contributed by atoms with Gasteiger partial charge in [0.1, 0.15) is 11.3 Å². The van der Waals surface area contributed by atoms with E-state index in [9.17, 15) is 4.79 Å². The lowest BCUT2D eigenvalue weighted by Gasteiger charge is -2.28. The van der Waals surface area contributed by atoms with E-state index in [0.717, 1.165) is 25.1 Å². The third-order valence-corrected chi connectivity index (χ3v) is 3.68. The molecule has 0 aliphatic rings. The van der Waals surface area contributed by atoms with Crippen LogP contribution >= 0.6 is 0 Å². The van der Waals surface area contributed by atoms with Gasteiger partial charge in [-0.3, -0.25) is 4.90 Å². The van der Waals surface area contributed by atoms with Gasteiger partial charge in [0.15, 0.2) is 0 Å². The normalized spacial score (nSPS) is 12.4. The summed E-state index contributed by atoms with van der Waals surface area (Å²) in [7, 11) is 3.18. The molecule has 5 heteroatoms. The Morgan fingerprint density at radius 2 is 2.10 bits per heavy atom. The fourth-order valence-electron chi connectivity index (χ4n) is 2.17. The van der Waals surface area contributed by atoms with Crippen LogP contribution in [-0.4, -0.2) is 49.4 Å². The second-order valence-electron chi connectivity index (χ2n) is 5.06. The summed E-state index contributed by atoms with van der Waals surface area (Å²) in [6.45, 7) is 6.59. The number of methoxy groups -OCH3 is 2. The Morgan fingerprint density at radius 1 is 1.38 bits per heavy atom. The third kappa shape index (κ3) is 5.02. The maximum Gasteiger partial charge on any atom is 0.339 e. The molecule has 0 bridgehead atoms. The predicted octanol–water partition coefficient (Wildman–Crippen LogP) is 2.64. The average Bonchev–Trinajstić information content (AvgIpc) is 2.50. The van der Waals surface area contributed by atoms with Gasteiger partial charge in [0, 0.05) is 26.2 Å². The van der Waals surface area contributed by atoms with Crippen LogP contribution in [-0.2, 0) is 11.3 Å². The summed E-state index contributed by atoms with van der Waals surface area (Å²) >= 11 is 0. The molecule has 1 atom stereocenters. The van der Waals surface area contributed by atoms with Crippen LogP contribution in [0.15, 0.2) is 18.2 Å². The lowest BCUT2D eigenvalue weighted by atomic mass is 10.1. The van der Waals surface area contributed by atoms with Crippen molar-refractivity contribution in [3.63, 3.8) is 0 Å². The zero-order valence-corrected chi connectivity index (χ0v) is 13.3. The number of hydrogen-bond acceptors (Lipinski definition) is 4. The first-order valence-corrected chi connectivity index (χ1v) is 7.16. The van der Waals surface area contributed by atoms with Crippen LogP contribution in [0, 0.1) is 0 Å². The van der Waals surface area contributed by atoms with Crippen LogP contribution in [0.4, 0.5) is 0 Å². The molecule has 0 heterocycles. The lowest BCUT2D eigenvalue weighted by molar-refractivity contribution is 0.0693. The molecule has 0 radical (unpaired) electrons. The molecular formula is C16H25NO4. The smallest absolute Gasteiger partial charge is 0.339 e. The lowest BCUT2D eigenvalue weighted by Crippen LogP contribution is -2.34. The topological polar surface area (TPSA) is 59.0 Å². The summed E-state index contributed by atoms with van der Waals surface area (Å²) in [6.07, 6.45) is 1.05. The van der Waals surface area contributed by atoms with Crippen LogP contribution in [0.1, 0.15) is 36.2 Å². The van der Waals surface area contributed by atoms with Gasteiger partial charge in [-0.2, -0.15) is 0 Å². The minimum Gasteiger partial charge on any atom is -0.496 e. The monoisotopic (exact) mass is 295 g/mol. The molecule has 0 aliphatic carbocycles. The number of hydrogen-bond donors (Lipinski definition) is 1. The number of carboxylic acid groups (broad SMARTS) is 1. The number of ether oxygens (including phenoxy) is 2. The minimum atomic E-state index is -0.975. The first-order valence-electron chi connectivity index (χ1n) is 7.16. The maximum absolute atomic E-state index is 11.1. The number of rotatable bonds is 9. The van der Waals surface area contributed by atoms with Crippen LogP contribution in [0.25, 0.3) is 0 Å². The summed E-state index contributed by atoms with van der Waals surface area (Å²) in [5.41, 5.74) is 1.22. The Bertz CT molecular complexity index is 462. The predicted molar refractivity (Wildman–Crippen MR) is 82.0 cm³/mol. The Hall–Kier alpha value is -1.59. The fraction of sp³-hybridized carbons (Fsp3) is 0.562. The van der Waals surface area contributed by atoms with E-state index >= 15 is 0 Å². The average molecular weight is 295 g/mol. The van der Waals surface area contributed by atoms with E-state index in [1.54, 1.807) is 19.2 Å². The highest BCUT2D eigenvalue weighted by atomic mass is 16.5. The van der Waals surface area contributed by atoms with E-state index in [-0.39, 0.29) is 5.56 Å². The molecule has 118 valence electrons. The van der Waals surface area contributed by atoms with Gasteiger partial charge < -0.3 is 14.6 Å². The standard InChI is InChI=1S/C16H25NO4/c1-5-12(2)17(8-9-20-3)11-13-6-7-14(16(18)19)15(10-13)21-4/h6-7,10,12H,5,8-9,11H2,1-4H3,(H,18,19). The number of carbonyl (C=O) groups is 1. The highest BCUT2D eigenvalue weighted by Gasteiger charge is 2.15. The van der Waals surface area contributed by atoms with Crippen molar-refractivity contribution in [1.82, 2.24) is 4.90 Å². The molecule has 5 nitrogen and oxygen atoms in total. The van der Waals surface area contributed by atoms with Gasteiger partial charge in [-0.15, -0.1) is 0 Å². The van der Waals surface area contributed by atoms with Gasteiger partial charge in [-0.05, 0) is 31.0 Å². The van der Waals surface area contributed by atoms with Gasteiger partial charge in [-0.25, -0.2) is 4.79 Å². The van der Waals surface area contributed by atoms with Crippen molar-refractivity contribution in [3.8, 4) is 5.75 Å². The summed E-state index contributed by atoms with van der Waals surface area (Å²) in [6, 6.07) is 5.67. The van der Waals surface area contributed by atoms with Gasteiger partial charge in [0.25, 0.3) is 0 Å². The Morgan fingerprint density at radius 3 is 2.62 bits per heavy atom. The number of aromatic carboxylic acids is 1. The molecule has 0 aromatic heterocycles. The summed E-state index contributed by atoms with van der Waals surface area (Å²) in [4.78, 5) is 13.4. The zero-order chi connectivity index (χ0) is 15.8. The molecule has 0 saturated heterocycles. The second kappa shape index (κ2) is 8.64. The van der Waals surface area contributed by atoms with Crippen molar-refractivity contribution in [1.29, 1.82) is 0 Å². The molecular weight excluding hydrogens is 270 g/mol. The van der Waals surface area contributed by atoms with Crippen molar-refractivity contribution in [2.24, 2.45) is 0 Å². The van der Waals surface area contributed by atoms with Crippen molar-refractivity contribution in [2.45, 2.75) is 32.9 Å². The Kier molecular flexibility index (Phi) is 7.19. The van der Waals surface area contributed by atoms with Crippen molar-refractivity contribution in [2.75, 3.05) is 27.4 Å². The Balaban J connectivity index is 2.90. The SMILES string of the molecule is CCC(C)N(CCOC)Cc1ccc(C(=O)O)c(OC)c1. The highest BCUT2D eigenvalue weighted by Crippen LogP contribution is 2.22. The van der Waals surface area contributed by atoms with Crippen molar-refractivity contribution in [3.05, 3.63) is 29.3 Å². The van der Waals surface area contributed by atoms with Crippen LogP contribution in [0.5, 0.6) is 5.75 Å². The number of nitrogens with zero attached hydrogens (tertiary/aromatic N) is 1. The first kappa shape index (κ1) is 17.5. The van der Waals surface area contributed by atoms with E-state index < -0.39 is 5.97 Å². The fourth-order valence-corrected chi connectivity index (χ4v) is 2.17. The second-order valence-corrected chi connectivity index (χ2v) is 5.06. The summed E-state index contributed by atoms with van der Waals surface area (Å²) in [5, 5.41) is 9.11. The molecule has 1 N–H and O–H groups in total. The number of benzene rings is 1. The largest absolute Gasteiger partial charge is 0.496 e. The van der Waals surface area contributed by atoms with Gasteiger partial charge in [-0.1, -0.05) is 13.0 Å². The van der Waals surface area contributed by atoms with Gasteiger partial charge >= 0.3 is 5.97 Å². The summed E-state index contributed by atoms with van der Waals surface area (Å²) in [5.74, 6) is -0.576. The molecule has 0 fully saturated rings. The molecule has 21 heavy (non-hydrogen) atoms.